The van der Waals surface area contributed by atoms with Gasteiger partial charge in [-0.2, -0.15) is 8.42 Å². The number of hydrogen-bond acceptors (Lipinski definition) is 2. The maximum atomic E-state index is 11.2. The first-order valence-electron chi connectivity index (χ1n) is 6.98. The summed E-state index contributed by atoms with van der Waals surface area (Å²) in [6, 6.07) is 0. The van der Waals surface area contributed by atoms with Crippen LogP contribution in [-0.4, -0.2) is 18.2 Å². The first kappa shape index (κ1) is 16.9. The van der Waals surface area contributed by atoms with Gasteiger partial charge in [-0.05, 0) is 12.8 Å². The van der Waals surface area contributed by atoms with Gasteiger partial charge in [0.1, 0.15) is 0 Å². The molecule has 0 aromatic rings. The minimum Gasteiger partial charge on any atom is -0.285 e. The van der Waals surface area contributed by atoms with Crippen LogP contribution in [0, 0.1) is 0 Å². The third kappa shape index (κ3) is 9.60. The van der Waals surface area contributed by atoms with Gasteiger partial charge in [-0.3, -0.25) is 4.55 Å². The molecule has 0 aliphatic carbocycles. The van der Waals surface area contributed by atoms with E-state index in [0.717, 1.165) is 25.7 Å². The molecule has 0 aromatic heterocycles. The van der Waals surface area contributed by atoms with Crippen molar-refractivity contribution < 1.29 is 13.0 Å². The summed E-state index contributed by atoms with van der Waals surface area (Å²) < 4.78 is 31.4. The summed E-state index contributed by atoms with van der Waals surface area (Å²) in [5, 5.41) is -0.534. The van der Waals surface area contributed by atoms with Crippen molar-refractivity contribution in [1.29, 1.82) is 0 Å². The Balaban J connectivity index is 3.77. The van der Waals surface area contributed by atoms with Gasteiger partial charge in [0.2, 0.25) is 0 Å². The minimum absolute atomic E-state index is 0.534. The second kappa shape index (κ2) is 9.89. The highest BCUT2D eigenvalue weighted by Crippen LogP contribution is 2.17. The van der Waals surface area contributed by atoms with Gasteiger partial charge < -0.3 is 0 Å². The van der Waals surface area contributed by atoms with Gasteiger partial charge in [-0.1, -0.05) is 65.2 Å². The Labute approximate surface area is 107 Å². The van der Waals surface area contributed by atoms with E-state index in [4.69, 9.17) is 4.55 Å². The van der Waals surface area contributed by atoms with E-state index in [0.29, 0.717) is 12.8 Å². The Bertz CT molecular complexity index is 260. The van der Waals surface area contributed by atoms with Gasteiger partial charge in [-0.15, -0.1) is 0 Å². The van der Waals surface area contributed by atoms with Crippen molar-refractivity contribution in [2.45, 2.75) is 83.3 Å². The van der Waals surface area contributed by atoms with Gasteiger partial charge in [0.05, 0.1) is 5.25 Å². The summed E-state index contributed by atoms with van der Waals surface area (Å²) in [6.45, 7) is 4.21. The van der Waals surface area contributed by atoms with Crippen LogP contribution in [0.2, 0.25) is 0 Å². The van der Waals surface area contributed by atoms with Crippen LogP contribution in [0.5, 0.6) is 0 Å². The summed E-state index contributed by atoms with van der Waals surface area (Å²) in [4.78, 5) is 0. The van der Waals surface area contributed by atoms with E-state index in [1.165, 1.54) is 25.7 Å². The third-order valence-electron chi connectivity index (χ3n) is 3.18. The van der Waals surface area contributed by atoms with Crippen LogP contribution in [0.15, 0.2) is 0 Å². The van der Waals surface area contributed by atoms with Crippen molar-refractivity contribution in [2.24, 2.45) is 0 Å². The fraction of sp³-hybridized carbons (Fsp3) is 1.00. The third-order valence-corrected chi connectivity index (χ3v) is 4.49. The Morgan fingerprint density at radius 3 is 1.82 bits per heavy atom. The van der Waals surface area contributed by atoms with Gasteiger partial charge in [0, 0.05) is 0 Å². The van der Waals surface area contributed by atoms with Crippen LogP contribution < -0.4 is 0 Å². The molecule has 0 spiro atoms. The van der Waals surface area contributed by atoms with Gasteiger partial charge >= 0.3 is 0 Å². The summed E-state index contributed by atoms with van der Waals surface area (Å²) in [7, 11) is -3.83. The molecule has 17 heavy (non-hydrogen) atoms. The Hall–Kier alpha value is -0.0900. The van der Waals surface area contributed by atoms with Crippen molar-refractivity contribution >= 4 is 10.1 Å². The quantitative estimate of drug-likeness (QED) is 0.450. The van der Waals surface area contributed by atoms with E-state index in [-0.39, 0.29) is 0 Å². The molecular weight excluding hydrogens is 236 g/mol. The monoisotopic (exact) mass is 264 g/mol. The molecule has 0 aliphatic rings. The van der Waals surface area contributed by atoms with Crippen molar-refractivity contribution in [3.8, 4) is 0 Å². The summed E-state index contributed by atoms with van der Waals surface area (Å²) in [6.07, 6.45) is 9.97. The highest BCUT2D eigenvalue weighted by Gasteiger charge is 2.21. The fourth-order valence-corrected chi connectivity index (χ4v) is 2.96. The first-order chi connectivity index (χ1) is 8.02. The zero-order valence-electron chi connectivity index (χ0n) is 11.3. The smallest absolute Gasteiger partial charge is 0.267 e. The van der Waals surface area contributed by atoms with E-state index in [1.807, 2.05) is 6.92 Å². The molecule has 4 heteroatoms. The molecule has 0 saturated carbocycles. The Morgan fingerprint density at radius 1 is 0.824 bits per heavy atom. The average Bonchev–Trinajstić information content (AvgIpc) is 2.25. The molecule has 1 unspecified atom stereocenters. The van der Waals surface area contributed by atoms with Crippen LogP contribution in [0.4, 0.5) is 0 Å². The molecule has 0 saturated heterocycles. The van der Waals surface area contributed by atoms with Crippen LogP contribution >= 0.6 is 0 Å². The molecule has 0 amide bonds. The summed E-state index contributed by atoms with van der Waals surface area (Å²) >= 11 is 0. The highest BCUT2D eigenvalue weighted by molar-refractivity contribution is 7.86. The molecule has 0 fully saturated rings. The predicted octanol–water partition coefficient (Wildman–Crippen LogP) is 4.18. The van der Waals surface area contributed by atoms with Crippen LogP contribution in [0.3, 0.4) is 0 Å². The standard InChI is InChI=1S/C13H28O3S/c1-3-5-7-8-9-10-12-13(11-6-4-2)17(14,15)16/h13H,3-12H2,1-2H3,(H,14,15,16). The second-order valence-electron chi connectivity index (χ2n) is 4.84. The van der Waals surface area contributed by atoms with Gasteiger partial charge in [0.25, 0.3) is 10.1 Å². The number of unbranched alkanes of at least 4 members (excludes halogenated alkanes) is 6. The lowest BCUT2D eigenvalue weighted by Crippen LogP contribution is -2.20. The molecule has 0 aromatic carbocycles. The van der Waals surface area contributed by atoms with Crippen molar-refractivity contribution in [1.82, 2.24) is 0 Å². The van der Waals surface area contributed by atoms with E-state index >= 15 is 0 Å². The first-order valence-corrected chi connectivity index (χ1v) is 8.49. The maximum Gasteiger partial charge on any atom is 0.267 e. The fourth-order valence-electron chi connectivity index (χ4n) is 2.03. The maximum absolute atomic E-state index is 11.2. The normalized spacial score (nSPS) is 13.8. The number of hydrogen-bond donors (Lipinski definition) is 1. The molecule has 0 rings (SSSR count). The lowest BCUT2D eigenvalue weighted by Gasteiger charge is -2.13. The SMILES string of the molecule is CCCCCCCCC(CCCC)S(=O)(=O)O. The molecule has 3 nitrogen and oxygen atoms in total. The molecule has 0 aliphatic heterocycles. The minimum atomic E-state index is -3.83. The molecule has 1 atom stereocenters. The van der Waals surface area contributed by atoms with Gasteiger partial charge in [0.15, 0.2) is 0 Å². The molecule has 0 bridgehead atoms. The number of rotatable bonds is 11. The Kier molecular flexibility index (Phi) is 9.84. The van der Waals surface area contributed by atoms with E-state index in [1.54, 1.807) is 0 Å². The molecule has 0 heterocycles. The van der Waals surface area contributed by atoms with Crippen LogP contribution in [-0.2, 0) is 10.1 Å². The van der Waals surface area contributed by atoms with Gasteiger partial charge in [-0.25, -0.2) is 0 Å². The van der Waals surface area contributed by atoms with Crippen LogP contribution in [0.25, 0.3) is 0 Å². The lowest BCUT2D eigenvalue weighted by molar-refractivity contribution is 0.445. The van der Waals surface area contributed by atoms with Crippen LogP contribution in [0.1, 0.15) is 78.1 Å². The lowest BCUT2D eigenvalue weighted by atomic mass is 10.1. The van der Waals surface area contributed by atoms with E-state index < -0.39 is 15.4 Å². The van der Waals surface area contributed by atoms with Crippen molar-refractivity contribution in [3.63, 3.8) is 0 Å². The summed E-state index contributed by atoms with van der Waals surface area (Å²) in [5.74, 6) is 0. The van der Waals surface area contributed by atoms with Crippen molar-refractivity contribution in [3.05, 3.63) is 0 Å². The summed E-state index contributed by atoms with van der Waals surface area (Å²) in [5.41, 5.74) is 0. The van der Waals surface area contributed by atoms with E-state index in [9.17, 15) is 8.42 Å². The Morgan fingerprint density at radius 2 is 1.29 bits per heavy atom. The average molecular weight is 264 g/mol. The zero-order chi connectivity index (χ0) is 13.1. The zero-order valence-corrected chi connectivity index (χ0v) is 12.1. The molecular formula is C13H28O3S. The molecule has 1 N–H and O–H groups in total. The second-order valence-corrected chi connectivity index (χ2v) is 6.53. The largest absolute Gasteiger partial charge is 0.285 e. The molecule has 104 valence electrons. The predicted molar refractivity (Wildman–Crippen MR) is 72.9 cm³/mol. The van der Waals surface area contributed by atoms with Crippen molar-refractivity contribution in [2.75, 3.05) is 0 Å². The highest BCUT2D eigenvalue weighted by atomic mass is 32.2. The molecule has 0 radical (unpaired) electrons. The van der Waals surface area contributed by atoms with E-state index in [2.05, 4.69) is 6.92 Å². The topological polar surface area (TPSA) is 54.4 Å².